The lowest BCUT2D eigenvalue weighted by Crippen LogP contribution is -2.50. The van der Waals surface area contributed by atoms with E-state index in [1.54, 1.807) is 4.90 Å². The Labute approximate surface area is 172 Å². The molecule has 1 N–H and O–H groups in total. The van der Waals surface area contributed by atoms with E-state index < -0.39 is 11.7 Å². The van der Waals surface area contributed by atoms with Gasteiger partial charge in [-0.15, -0.1) is 0 Å². The molecule has 3 rings (SSSR count). The number of hydrogen-bond donors (Lipinski definition) is 1. The molecule has 0 spiro atoms. The zero-order valence-corrected chi connectivity index (χ0v) is 16.2. The van der Waals surface area contributed by atoms with Crippen LogP contribution in [0.4, 0.5) is 18.9 Å². The zero-order chi connectivity index (χ0) is 21.6. The minimum Gasteiger partial charge on any atom is -0.337 e. The predicted molar refractivity (Wildman–Crippen MR) is 109 cm³/mol. The van der Waals surface area contributed by atoms with Crippen LogP contribution in [-0.2, 0) is 15.8 Å². The lowest BCUT2D eigenvalue weighted by molar-refractivity contribution is -0.137. The van der Waals surface area contributed by atoms with Crippen LogP contribution in [0.15, 0.2) is 60.7 Å². The maximum Gasteiger partial charge on any atom is 0.416 e. The van der Waals surface area contributed by atoms with Gasteiger partial charge < -0.3 is 10.2 Å². The fourth-order valence-electron chi connectivity index (χ4n) is 3.11. The molecule has 158 valence electrons. The summed E-state index contributed by atoms with van der Waals surface area (Å²) < 4.78 is 37.8. The number of rotatable bonds is 5. The lowest BCUT2D eigenvalue weighted by Gasteiger charge is -2.33. The summed E-state index contributed by atoms with van der Waals surface area (Å²) in [6, 6.07) is 13.8. The first-order chi connectivity index (χ1) is 14.3. The van der Waals surface area contributed by atoms with Crippen LogP contribution in [0.3, 0.4) is 0 Å². The Hall–Kier alpha value is -3.13. The molecule has 0 radical (unpaired) electrons. The van der Waals surface area contributed by atoms with Crippen molar-refractivity contribution >= 4 is 23.6 Å². The summed E-state index contributed by atoms with van der Waals surface area (Å²) in [6.45, 7) is 2.35. The Morgan fingerprint density at radius 3 is 2.17 bits per heavy atom. The number of para-hydroxylation sites is 1. The molecule has 1 fully saturated rings. The number of halogens is 3. The first-order valence-electron chi connectivity index (χ1n) is 9.53. The third-order valence-corrected chi connectivity index (χ3v) is 4.77. The number of amides is 2. The number of nitrogens with one attached hydrogen (secondary N) is 1. The van der Waals surface area contributed by atoms with Gasteiger partial charge in [0.05, 0.1) is 12.1 Å². The zero-order valence-electron chi connectivity index (χ0n) is 16.2. The van der Waals surface area contributed by atoms with Crippen LogP contribution in [0, 0.1) is 0 Å². The molecule has 1 saturated heterocycles. The number of piperazine rings is 1. The molecule has 1 heterocycles. The highest BCUT2D eigenvalue weighted by molar-refractivity contribution is 5.93. The second kappa shape index (κ2) is 9.58. The predicted octanol–water partition coefficient (Wildman–Crippen LogP) is 3.50. The Kier molecular flexibility index (Phi) is 6.89. The summed E-state index contributed by atoms with van der Waals surface area (Å²) in [5, 5.41) is 2.83. The molecule has 0 aliphatic carbocycles. The maximum atomic E-state index is 12.6. The number of carbonyl (C=O) groups is 2. The smallest absolute Gasteiger partial charge is 0.337 e. The Bertz CT molecular complexity index is 888. The van der Waals surface area contributed by atoms with Crippen molar-refractivity contribution in [1.82, 2.24) is 9.80 Å². The van der Waals surface area contributed by atoms with Crippen molar-refractivity contribution in [1.29, 1.82) is 0 Å². The number of alkyl halides is 3. The van der Waals surface area contributed by atoms with E-state index in [9.17, 15) is 22.8 Å². The van der Waals surface area contributed by atoms with Crippen LogP contribution in [0.25, 0.3) is 6.08 Å². The van der Waals surface area contributed by atoms with Crippen molar-refractivity contribution in [3.63, 3.8) is 0 Å². The van der Waals surface area contributed by atoms with E-state index in [0.29, 0.717) is 31.7 Å². The van der Waals surface area contributed by atoms with Crippen molar-refractivity contribution in [2.75, 3.05) is 38.0 Å². The van der Waals surface area contributed by atoms with Crippen LogP contribution >= 0.6 is 0 Å². The van der Waals surface area contributed by atoms with Crippen molar-refractivity contribution in [3.05, 3.63) is 71.8 Å². The number of nitrogens with zero attached hydrogens (tertiary/aromatic N) is 2. The molecule has 2 amide bonds. The number of hydrogen-bond acceptors (Lipinski definition) is 3. The second-order valence-corrected chi connectivity index (χ2v) is 6.97. The van der Waals surface area contributed by atoms with Gasteiger partial charge in [0.2, 0.25) is 11.8 Å². The molecule has 2 aromatic carbocycles. The van der Waals surface area contributed by atoms with E-state index in [4.69, 9.17) is 0 Å². The van der Waals surface area contributed by atoms with E-state index in [2.05, 4.69) is 5.32 Å². The molecule has 0 atom stereocenters. The minimum absolute atomic E-state index is 0.108. The van der Waals surface area contributed by atoms with Gasteiger partial charge in [-0.1, -0.05) is 30.3 Å². The first-order valence-corrected chi connectivity index (χ1v) is 9.53. The van der Waals surface area contributed by atoms with E-state index in [-0.39, 0.29) is 18.4 Å². The molecule has 30 heavy (non-hydrogen) atoms. The van der Waals surface area contributed by atoms with Gasteiger partial charge in [-0.3, -0.25) is 14.5 Å². The topological polar surface area (TPSA) is 52.7 Å². The fraction of sp³-hybridized carbons (Fsp3) is 0.273. The van der Waals surface area contributed by atoms with Crippen LogP contribution in [0.5, 0.6) is 0 Å². The van der Waals surface area contributed by atoms with E-state index >= 15 is 0 Å². The van der Waals surface area contributed by atoms with Crippen molar-refractivity contribution in [3.8, 4) is 0 Å². The minimum atomic E-state index is -4.38. The number of anilines is 1. The largest absolute Gasteiger partial charge is 0.416 e. The highest BCUT2D eigenvalue weighted by Crippen LogP contribution is 2.29. The molecule has 0 bridgehead atoms. The molecule has 8 heteroatoms. The molecule has 0 unspecified atom stereocenters. The standard InChI is InChI=1S/C22H22F3N3O2/c23-22(24,25)18-9-6-17(7-10-18)8-11-21(30)28-14-12-27(13-15-28)16-20(29)26-19-4-2-1-3-5-19/h1-11H,12-16H2,(H,26,29)/b11-8+. The molecule has 5 nitrogen and oxygen atoms in total. The molecule has 1 aliphatic heterocycles. The summed E-state index contributed by atoms with van der Waals surface area (Å²) >= 11 is 0. The summed E-state index contributed by atoms with van der Waals surface area (Å²) in [7, 11) is 0. The Morgan fingerprint density at radius 1 is 0.933 bits per heavy atom. The molecule has 2 aromatic rings. The summed E-state index contributed by atoms with van der Waals surface area (Å²) in [5.41, 5.74) is 0.538. The second-order valence-electron chi connectivity index (χ2n) is 6.97. The number of carbonyl (C=O) groups excluding carboxylic acids is 2. The Balaban J connectivity index is 1.44. The highest BCUT2D eigenvalue weighted by Gasteiger charge is 2.29. The summed E-state index contributed by atoms with van der Waals surface area (Å²) in [6.07, 6.45) is -1.52. The average Bonchev–Trinajstić information content (AvgIpc) is 2.73. The van der Waals surface area contributed by atoms with E-state index in [0.717, 1.165) is 17.8 Å². The van der Waals surface area contributed by atoms with Gasteiger partial charge in [0.15, 0.2) is 0 Å². The molecule has 0 aromatic heterocycles. The van der Waals surface area contributed by atoms with Gasteiger partial charge in [0.25, 0.3) is 0 Å². The fourth-order valence-corrected chi connectivity index (χ4v) is 3.11. The molecular weight excluding hydrogens is 395 g/mol. The van der Waals surface area contributed by atoms with Crippen molar-refractivity contribution in [2.24, 2.45) is 0 Å². The van der Waals surface area contributed by atoms with Gasteiger partial charge >= 0.3 is 6.18 Å². The summed E-state index contributed by atoms with van der Waals surface area (Å²) in [5.74, 6) is -0.313. The molecular formula is C22H22F3N3O2. The van der Waals surface area contributed by atoms with Gasteiger partial charge in [-0.25, -0.2) is 0 Å². The first kappa shape index (κ1) is 21.6. The Morgan fingerprint density at radius 2 is 1.57 bits per heavy atom. The van der Waals surface area contributed by atoms with Crippen LogP contribution < -0.4 is 5.32 Å². The van der Waals surface area contributed by atoms with Crippen LogP contribution in [0.1, 0.15) is 11.1 Å². The maximum absolute atomic E-state index is 12.6. The quantitative estimate of drug-likeness (QED) is 0.758. The summed E-state index contributed by atoms with van der Waals surface area (Å²) in [4.78, 5) is 28.1. The van der Waals surface area contributed by atoms with Gasteiger partial charge in [-0.05, 0) is 35.9 Å². The number of benzene rings is 2. The molecule has 1 aliphatic rings. The van der Waals surface area contributed by atoms with Gasteiger partial charge in [0, 0.05) is 37.9 Å². The average molecular weight is 417 g/mol. The van der Waals surface area contributed by atoms with Crippen molar-refractivity contribution in [2.45, 2.75) is 6.18 Å². The van der Waals surface area contributed by atoms with Crippen molar-refractivity contribution < 1.29 is 22.8 Å². The highest BCUT2D eigenvalue weighted by atomic mass is 19.4. The SMILES string of the molecule is O=C(CN1CCN(C(=O)/C=C/c2ccc(C(F)(F)F)cc2)CC1)Nc1ccccc1. The van der Waals surface area contributed by atoms with Crippen LogP contribution in [-0.4, -0.2) is 54.3 Å². The van der Waals surface area contributed by atoms with Gasteiger partial charge in [-0.2, -0.15) is 13.2 Å². The van der Waals surface area contributed by atoms with E-state index in [1.165, 1.54) is 24.3 Å². The van der Waals surface area contributed by atoms with E-state index in [1.807, 2.05) is 35.2 Å². The molecule has 0 saturated carbocycles. The monoisotopic (exact) mass is 417 g/mol. The normalized spacial score (nSPS) is 15.4. The van der Waals surface area contributed by atoms with Crippen LogP contribution in [0.2, 0.25) is 0 Å². The third-order valence-electron chi connectivity index (χ3n) is 4.77. The lowest BCUT2D eigenvalue weighted by atomic mass is 10.1. The third kappa shape index (κ3) is 6.18. The van der Waals surface area contributed by atoms with Gasteiger partial charge in [0.1, 0.15) is 0 Å².